The smallest absolute Gasteiger partial charge is 0.222 e. The van der Waals surface area contributed by atoms with Gasteiger partial charge in [0.2, 0.25) is 5.91 Å². The summed E-state index contributed by atoms with van der Waals surface area (Å²) in [4.78, 5) is 22.8. The maximum Gasteiger partial charge on any atom is 0.222 e. The molecule has 0 aliphatic carbocycles. The van der Waals surface area contributed by atoms with Crippen molar-refractivity contribution < 1.29 is 4.79 Å². The predicted molar refractivity (Wildman–Crippen MR) is 82.8 cm³/mol. The first-order valence-electron chi connectivity index (χ1n) is 7.49. The number of nitrogens with one attached hydrogen (secondary N) is 2. The largest absolute Gasteiger partial charge is 0.359 e. The lowest BCUT2D eigenvalue weighted by molar-refractivity contribution is -0.125. The summed E-state index contributed by atoms with van der Waals surface area (Å²) in [6, 6.07) is 1.86. The number of nitrogens with two attached hydrogens (primary N) is 1. The number of aromatic nitrogens is 2. The Kier molecular flexibility index (Phi) is 5.32. The Morgan fingerprint density at radius 1 is 1.43 bits per heavy atom. The van der Waals surface area contributed by atoms with E-state index in [1.54, 1.807) is 7.05 Å². The van der Waals surface area contributed by atoms with Crippen LogP contribution in [0.1, 0.15) is 32.0 Å². The van der Waals surface area contributed by atoms with E-state index < -0.39 is 0 Å². The van der Waals surface area contributed by atoms with Crippen LogP contribution in [-0.4, -0.2) is 36.0 Å². The van der Waals surface area contributed by atoms with Gasteiger partial charge in [-0.2, -0.15) is 0 Å². The molecular weight excluding hydrogens is 268 g/mol. The van der Waals surface area contributed by atoms with Crippen molar-refractivity contribution in [2.75, 3.05) is 30.5 Å². The maximum absolute atomic E-state index is 11.7. The molecule has 0 spiro atoms. The molecule has 1 aromatic heterocycles. The first kappa shape index (κ1) is 15.5. The molecule has 0 bridgehead atoms. The van der Waals surface area contributed by atoms with Gasteiger partial charge in [0, 0.05) is 38.5 Å². The number of hydrogen-bond donors (Lipinski definition) is 3. The first-order valence-corrected chi connectivity index (χ1v) is 7.49. The molecule has 0 atom stereocenters. The number of nitrogen functional groups attached to an aromatic ring is 1. The highest BCUT2D eigenvalue weighted by Crippen LogP contribution is 2.23. The second-order valence-corrected chi connectivity index (χ2v) is 5.30. The van der Waals surface area contributed by atoms with Gasteiger partial charge in [-0.05, 0) is 19.3 Å². The van der Waals surface area contributed by atoms with E-state index in [0.717, 1.165) is 50.4 Å². The van der Waals surface area contributed by atoms with Gasteiger partial charge in [0.25, 0.3) is 0 Å². The van der Waals surface area contributed by atoms with Gasteiger partial charge in [0.05, 0.1) is 0 Å². The molecule has 1 amide bonds. The van der Waals surface area contributed by atoms with E-state index in [1.165, 1.54) is 0 Å². The molecule has 21 heavy (non-hydrogen) atoms. The quantitative estimate of drug-likeness (QED) is 0.545. The molecule has 1 aliphatic rings. The average Bonchev–Trinajstić information content (AvgIpc) is 2.54. The topological polar surface area (TPSA) is 96.2 Å². The zero-order valence-electron chi connectivity index (χ0n) is 12.7. The molecule has 2 heterocycles. The van der Waals surface area contributed by atoms with Gasteiger partial charge in [-0.25, -0.2) is 15.8 Å². The third-order valence-electron chi connectivity index (χ3n) is 3.82. The molecule has 7 heteroatoms. The summed E-state index contributed by atoms with van der Waals surface area (Å²) in [6.45, 7) is 3.75. The van der Waals surface area contributed by atoms with Gasteiger partial charge in [-0.3, -0.25) is 4.79 Å². The third-order valence-corrected chi connectivity index (χ3v) is 3.82. The van der Waals surface area contributed by atoms with E-state index in [0.29, 0.717) is 5.82 Å². The Bertz CT molecular complexity index is 484. The molecule has 0 radical (unpaired) electrons. The van der Waals surface area contributed by atoms with Crippen molar-refractivity contribution in [2.24, 2.45) is 11.8 Å². The fraction of sp³-hybridized carbons (Fsp3) is 0.643. The normalized spacial score (nSPS) is 15.9. The number of amides is 1. The van der Waals surface area contributed by atoms with Crippen LogP contribution in [0.2, 0.25) is 0 Å². The van der Waals surface area contributed by atoms with Gasteiger partial charge in [-0.15, -0.1) is 0 Å². The summed E-state index contributed by atoms with van der Waals surface area (Å²) >= 11 is 0. The van der Waals surface area contributed by atoms with Crippen LogP contribution in [-0.2, 0) is 11.2 Å². The summed E-state index contributed by atoms with van der Waals surface area (Å²) in [5.74, 6) is 8.04. The summed E-state index contributed by atoms with van der Waals surface area (Å²) in [6.07, 6.45) is 3.51. The minimum absolute atomic E-state index is 0.107. The van der Waals surface area contributed by atoms with E-state index >= 15 is 0 Å². The number of carbonyl (C=O) groups excluding carboxylic acids is 1. The fourth-order valence-electron chi connectivity index (χ4n) is 2.63. The predicted octanol–water partition coefficient (Wildman–Crippen LogP) is 0.677. The molecule has 116 valence electrons. The van der Waals surface area contributed by atoms with E-state index in [9.17, 15) is 4.79 Å². The van der Waals surface area contributed by atoms with Crippen molar-refractivity contribution in [1.29, 1.82) is 0 Å². The molecule has 0 saturated carbocycles. The van der Waals surface area contributed by atoms with Crippen LogP contribution in [0, 0.1) is 5.92 Å². The van der Waals surface area contributed by atoms with Gasteiger partial charge in [-0.1, -0.05) is 6.92 Å². The Balaban J connectivity index is 2.08. The van der Waals surface area contributed by atoms with Crippen LogP contribution >= 0.6 is 0 Å². The standard InChI is InChI=1S/C14H24N6O/c1-3-4-11-17-12(19-15)9-13(18-11)20-7-5-10(6-8-20)14(21)16-2/h9-10H,3-8,15H2,1-2H3,(H,16,21)(H,17,18,19). The van der Waals surface area contributed by atoms with Crippen molar-refractivity contribution in [3.8, 4) is 0 Å². The molecule has 2 rings (SSSR count). The van der Waals surface area contributed by atoms with Crippen molar-refractivity contribution in [3.63, 3.8) is 0 Å². The highest BCUT2D eigenvalue weighted by atomic mass is 16.1. The molecule has 1 aromatic rings. The van der Waals surface area contributed by atoms with Crippen LogP contribution in [0.4, 0.5) is 11.6 Å². The van der Waals surface area contributed by atoms with Crippen LogP contribution in [0.5, 0.6) is 0 Å². The molecule has 4 N–H and O–H groups in total. The van der Waals surface area contributed by atoms with E-state index in [-0.39, 0.29) is 11.8 Å². The maximum atomic E-state index is 11.7. The van der Waals surface area contributed by atoms with E-state index in [1.807, 2.05) is 6.07 Å². The molecule has 0 aromatic carbocycles. The lowest BCUT2D eigenvalue weighted by Gasteiger charge is -2.32. The minimum Gasteiger partial charge on any atom is -0.359 e. The second-order valence-electron chi connectivity index (χ2n) is 5.30. The van der Waals surface area contributed by atoms with Gasteiger partial charge < -0.3 is 15.6 Å². The lowest BCUT2D eigenvalue weighted by atomic mass is 9.96. The molecule has 0 unspecified atom stereocenters. The summed E-state index contributed by atoms with van der Waals surface area (Å²) in [7, 11) is 1.69. The van der Waals surface area contributed by atoms with Crippen molar-refractivity contribution in [1.82, 2.24) is 15.3 Å². The summed E-state index contributed by atoms with van der Waals surface area (Å²) in [5, 5.41) is 2.72. The Morgan fingerprint density at radius 3 is 2.71 bits per heavy atom. The number of aryl methyl sites for hydroxylation is 1. The SMILES string of the molecule is CCCc1nc(NN)cc(N2CCC(C(=O)NC)CC2)n1. The molecule has 1 saturated heterocycles. The molecule has 7 nitrogen and oxygen atoms in total. The zero-order chi connectivity index (χ0) is 15.2. The van der Waals surface area contributed by atoms with Crippen molar-refractivity contribution in [3.05, 3.63) is 11.9 Å². The number of hydrazine groups is 1. The van der Waals surface area contributed by atoms with Crippen molar-refractivity contribution in [2.45, 2.75) is 32.6 Å². The highest BCUT2D eigenvalue weighted by Gasteiger charge is 2.25. The molecule has 1 aliphatic heterocycles. The number of carbonyl (C=O) groups is 1. The monoisotopic (exact) mass is 292 g/mol. The molecular formula is C14H24N6O. The Morgan fingerprint density at radius 2 is 2.14 bits per heavy atom. The number of anilines is 2. The van der Waals surface area contributed by atoms with Crippen molar-refractivity contribution >= 4 is 17.5 Å². The van der Waals surface area contributed by atoms with Crippen LogP contribution in [0.3, 0.4) is 0 Å². The Hall–Kier alpha value is -1.89. The average molecular weight is 292 g/mol. The first-order chi connectivity index (χ1) is 10.2. The van der Waals surface area contributed by atoms with E-state index in [2.05, 4.69) is 32.5 Å². The zero-order valence-corrected chi connectivity index (χ0v) is 12.7. The Labute approximate surface area is 125 Å². The second kappa shape index (κ2) is 7.21. The van der Waals surface area contributed by atoms with Crippen LogP contribution in [0.15, 0.2) is 6.07 Å². The summed E-state index contributed by atoms with van der Waals surface area (Å²) in [5.41, 5.74) is 2.60. The number of hydrogen-bond acceptors (Lipinski definition) is 6. The van der Waals surface area contributed by atoms with Gasteiger partial charge in [0.15, 0.2) is 0 Å². The minimum atomic E-state index is 0.107. The van der Waals surface area contributed by atoms with E-state index in [4.69, 9.17) is 5.84 Å². The fourth-order valence-corrected chi connectivity index (χ4v) is 2.63. The molecule has 1 fully saturated rings. The summed E-state index contributed by atoms with van der Waals surface area (Å²) < 4.78 is 0. The van der Waals surface area contributed by atoms with Crippen LogP contribution in [0.25, 0.3) is 0 Å². The number of nitrogens with zero attached hydrogens (tertiary/aromatic N) is 3. The number of rotatable bonds is 5. The van der Waals surface area contributed by atoms with Crippen LogP contribution < -0.4 is 21.5 Å². The highest BCUT2D eigenvalue weighted by molar-refractivity contribution is 5.78. The van der Waals surface area contributed by atoms with Gasteiger partial charge >= 0.3 is 0 Å². The van der Waals surface area contributed by atoms with Gasteiger partial charge in [0.1, 0.15) is 17.5 Å². The lowest BCUT2D eigenvalue weighted by Crippen LogP contribution is -2.40. The third kappa shape index (κ3) is 3.81. The number of piperidine rings is 1.